The minimum atomic E-state index is -3.48. The van der Waals surface area contributed by atoms with Crippen LogP contribution in [-0.2, 0) is 23.0 Å². The fraction of sp³-hybridized carbons (Fsp3) is 0.429. The fourth-order valence-electron chi connectivity index (χ4n) is 1.94. The Morgan fingerprint density at radius 2 is 2.05 bits per heavy atom. The lowest BCUT2D eigenvalue weighted by Crippen LogP contribution is -2.31. The van der Waals surface area contributed by atoms with Crippen molar-refractivity contribution in [2.75, 3.05) is 13.1 Å². The summed E-state index contributed by atoms with van der Waals surface area (Å²) in [4.78, 5) is 0.363. The van der Waals surface area contributed by atoms with Gasteiger partial charge in [-0.05, 0) is 23.6 Å². The van der Waals surface area contributed by atoms with Crippen molar-refractivity contribution < 1.29 is 8.42 Å². The van der Waals surface area contributed by atoms with E-state index in [4.69, 9.17) is 5.73 Å². The molecule has 0 aromatic heterocycles. The second-order valence-corrected chi connectivity index (χ2v) is 6.15. The van der Waals surface area contributed by atoms with E-state index in [0.29, 0.717) is 31.0 Å². The van der Waals surface area contributed by atoms with Gasteiger partial charge in [0.25, 0.3) is 0 Å². The number of rotatable bonds is 7. The van der Waals surface area contributed by atoms with Gasteiger partial charge in [-0.2, -0.15) is 4.31 Å². The zero-order valence-corrected chi connectivity index (χ0v) is 12.4. The smallest absolute Gasteiger partial charge is 0.243 e. The van der Waals surface area contributed by atoms with Gasteiger partial charge in [-0.15, -0.1) is 6.58 Å². The lowest BCUT2D eigenvalue weighted by atomic mass is 10.1. The van der Waals surface area contributed by atoms with Crippen LogP contribution in [0.3, 0.4) is 0 Å². The number of nitrogens with zero attached hydrogens (tertiary/aromatic N) is 1. The van der Waals surface area contributed by atoms with E-state index in [1.54, 1.807) is 12.1 Å². The highest BCUT2D eigenvalue weighted by Crippen LogP contribution is 2.22. The van der Waals surface area contributed by atoms with E-state index in [9.17, 15) is 8.42 Å². The molecule has 2 N–H and O–H groups in total. The molecule has 1 aromatic rings. The standard InChI is InChI=1S/C14H22N2O2S/c1-4-9-16(6-3)19(17,18)14-10-12(11-15)7-8-13(14)5-2/h4,7-8,10H,1,5-6,9,11,15H2,2-3H3. The molecule has 0 aliphatic heterocycles. The highest BCUT2D eigenvalue weighted by Gasteiger charge is 2.24. The van der Waals surface area contributed by atoms with Gasteiger partial charge in [-0.1, -0.05) is 32.1 Å². The molecule has 0 bridgehead atoms. The first kappa shape index (κ1) is 15.9. The fourth-order valence-corrected chi connectivity index (χ4v) is 3.70. The van der Waals surface area contributed by atoms with Crippen LogP contribution in [0.1, 0.15) is 25.0 Å². The van der Waals surface area contributed by atoms with Crippen molar-refractivity contribution in [3.63, 3.8) is 0 Å². The molecule has 0 aliphatic carbocycles. The number of nitrogens with two attached hydrogens (primary N) is 1. The minimum Gasteiger partial charge on any atom is -0.326 e. The van der Waals surface area contributed by atoms with Crippen molar-refractivity contribution in [2.24, 2.45) is 5.73 Å². The van der Waals surface area contributed by atoms with Crippen LogP contribution in [0.25, 0.3) is 0 Å². The molecule has 0 heterocycles. The van der Waals surface area contributed by atoms with Gasteiger partial charge in [-0.3, -0.25) is 0 Å². The Labute approximate surface area is 116 Å². The van der Waals surface area contributed by atoms with Crippen molar-refractivity contribution in [1.82, 2.24) is 4.31 Å². The van der Waals surface area contributed by atoms with Crippen LogP contribution in [0, 0.1) is 0 Å². The average Bonchev–Trinajstić information content (AvgIpc) is 2.43. The van der Waals surface area contributed by atoms with Crippen molar-refractivity contribution in [2.45, 2.75) is 31.7 Å². The van der Waals surface area contributed by atoms with E-state index in [0.717, 1.165) is 11.1 Å². The zero-order valence-electron chi connectivity index (χ0n) is 11.6. The molecular formula is C14H22N2O2S. The summed E-state index contributed by atoms with van der Waals surface area (Å²) in [5.41, 5.74) is 7.24. The van der Waals surface area contributed by atoms with Crippen LogP contribution >= 0.6 is 0 Å². The van der Waals surface area contributed by atoms with Crippen LogP contribution in [0.5, 0.6) is 0 Å². The second-order valence-electron chi connectivity index (χ2n) is 4.24. The third kappa shape index (κ3) is 3.43. The molecule has 1 rings (SSSR count). The summed E-state index contributed by atoms with van der Waals surface area (Å²) in [6, 6.07) is 5.40. The summed E-state index contributed by atoms with van der Waals surface area (Å²) >= 11 is 0. The SMILES string of the molecule is C=CCN(CC)S(=O)(=O)c1cc(CN)ccc1CC. The van der Waals surface area contributed by atoms with E-state index < -0.39 is 10.0 Å². The molecule has 0 amide bonds. The highest BCUT2D eigenvalue weighted by atomic mass is 32.2. The van der Waals surface area contributed by atoms with Crippen molar-refractivity contribution in [3.05, 3.63) is 42.0 Å². The topological polar surface area (TPSA) is 63.4 Å². The average molecular weight is 282 g/mol. The van der Waals surface area contributed by atoms with Gasteiger partial charge >= 0.3 is 0 Å². The van der Waals surface area contributed by atoms with Crippen molar-refractivity contribution >= 4 is 10.0 Å². The molecule has 0 atom stereocenters. The molecule has 4 nitrogen and oxygen atoms in total. The summed E-state index contributed by atoms with van der Waals surface area (Å²) in [6.07, 6.45) is 2.27. The number of sulfonamides is 1. The Kier molecular flexibility index (Phi) is 5.72. The number of aryl methyl sites for hydroxylation is 1. The van der Waals surface area contributed by atoms with Crippen molar-refractivity contribution in [1.29, 1.82) is 0 Å². The Balaban J connectivity index is 3.36. The van der Waals surface area contributed by atoms with E-state index in [1.165, 1.54) is 4.31 Å². The summed E-state index contributed by atoms with van der Waals surface area (Å²) in [7, 11) is -3.48. The van der Waals surface area contributed by atoms with Gasteiger partial charge in [0, 0.05) is 19.6 Å². The molecule has 0 saturated carbocycles. The maximum Gasteiger partial charge on any atom is 0.243 e. The molecule has 0 aliphatic rings. The summed E-state index contributed by atoms with van der Waals surface area (Å²) in [5.74, 6) is 0. The first-order valence-corrected chi connectivity index (χ1v) is 7.88. The van der Waals surface area contributed by atoms with Crippen LogP contribution in [0.4, 0.5) is 0 Å². The first-order valence-electron chi connectivity index (χ1n) is 6.44. The summed E-state index contributed by atoms with van der Waals surface area (Å²) in [6.45, 7) is 8.44. The monoisotopic (exact) mass is 282 g/mol. The quantitative estimate of drug-likeness (QED) is 0.777. The largest absolute Gasteiger partial charge is 0.326 e. The summed E-state index contributed by atoms with van der Waals surface area (Å²) in [5, 5.41) is 0. The maximum atomic E-state index is 12.6. The molecule has 0 radical (unpaired) electrons. The number of hydrogen-bond donors (Lipinski definition) is 1. The first-order chi connectivity index (χ1) is 9.01. The van der Waals surface area contributed by atoms with Crippen molar-refractivity contribution in [3.8, 4) is 0 Å². The molecule has 106 valence electrons. The van der Waals surface area contributed by atoms with E-state index >= 15 is 0 Å². The van der Waals surface area contributed by atoms with E-state index in [-0.39, 0.29) is 0 Å². The molecular weight excluding hydrogens is 260 g/mol. The Bertz CT molecular complexity index is 538. The van der Waals surface area contributed by atoms with Gasteiger partial charge in [0.05, 0.1) is 4.90 Å². The molecule has 0 saturated heterocycles. The van der Waals surface area contributed by atoms with E-state index in [1.807, 2.05) is 26.0 Å². The lowest BCUT2D eigenvalue weighted by molar-refractivity contribution is 0.459. The Morgan fingerprint density at radius 3 is 2.53 bits per heavy atom. The molecule has 1 aromatic carbocycles. The second kappa shape index (κ2) is 6.84. The van der Waals surface area contributed by atoms with Crippen LogP contribution in [0.15, 0.2) is 35.7 Å². The Morgan fingerprint density at radius 1 is 1.37 bits per heavy atom. The lowest BCUT2D eigenvalue weighted by Gasteiger charge is -2.21. The van der Waals surface area contributed by atoms with Crippen LogP contribution in [-0.4, -0.2) is 25.8 Å². The van der Waals surface area contributed by atoms with Crippen LogP contribution in [0.2, 0.25) is 0 Å². The molecule has 0 fully saturated rings. The van der Waals surface area contributed by atoms with Gasteiger partial charge in [0.15, 0.2) is 0 Å². The maximum absolute atomic E-state index is 12.6. The third-order valence-electron chi connectivity index (χ3n) is 3.05. The zero-order chi connectivity index (χ0) is 14.5. The number of likely N-dealkylation sites (N-methyl/N-ethyl adjacent to an activating group) is 1. The minimum absolute atomic E-state index is 0.314. The van der Waals surface area contributed by atoms with Gasteiger partial charge in [0.1, 0.15) is 0 Å². The predicted molar refractivity (Wildman–Crippen MR) is 78.3 cm³/mol. The molecule has 0 unspecified atom stereocenters. The predicted octanol–water partition coefficient (Wildman–Crippen LogP) is 1.90. The number of benzene rings is 1. The number of hydrogen-bond acceptors (Lipinski definition) is 3. The third-order valence-corrected chi connectivity index (χ3v) is 5.07. The van der Waals surface area contributed by atoms with Gasteiger partial charge < -0.3 is 5.73 Å². The van der Waals surface area contributed by atoms with Gasteiger partial charge in [-0.25, -0.2) is 8.42 Å². The highest BCUT2D eigenvalue weighted by molar-refractivity contribution is 7.89. The molecule has 0 spiro atoms. The Hall–Kier alpha value is -1.17. The normalized spacial score (nSPS) is 11.8. The van der Waals surface area contributed by atoms with Gasteiger partial charge in [0.2, 0.25) is 10.0 Å². The molecule has 19 heavy (non-hydrogen) atoms. The molecule has 5 heteroatoms. The summed E-state index contributed by atoms with van der Waals surface area (Å²) < 4.78 is 26.7. The van der Waals surface area contributed by atoms with E-state index in [2.05, 4.69) is 6.58 Å². The van der Waals surface area contributed by atoms with Crippen LogP contribution < -0.4 is 5.73 Å².